The van der Waals surface area contributed by atoms with Gasteiger partial charge in [-0.3, -0.25) is 4.79 Å². The minimum atomic E-state index is -4.45. The quantitative estimate of drug-likeness (QED) is 0.144. The van der Waals surface area contributed by atoms with Gasteiger partial charge in [0.05, 0.1) is 18.3 Å². The van der Waals surface area contributed by atoms with Gasteiger partial charge in [-0.05, 0) is 105 Å². The van der Waals surface area contributed by atoms with Crippen LogP contribution in [0.15, 0.2) is 36.4 Å². The summed E-state index contributed by atoms with van der Waals surface area (Å²) in [5, 5.41) is -0.313. The minimum Gasteiger partial charge on any atom is -0.493 e. The first-order chi connectivity index (χ1) is 20.6. The summed E-state index contributed by atoms with van der Waals surface area (Å²) in [5.74, 6) is 0.326. The molecule has 0 unspecified atom stereocenters. The summed E-state index contributed by atoms with van der Waals surface area (Å²) >= 11 is 0. The van der Waals surface area contributed by atoms with E-state index < -0.39 is 28.4 Å². The molecule has 256 valence electrons. The summed E-state index contributed by atoms with van der Waals surface area (Å²) in [6.07, 6.45) is 5.50. The van der Waals surface area contributed by atoms with Crippen LogP contribution in [0.1, 0.15) is 91.5 Å². The van der Waals surface area contributed by atoms with Crippen LogP contribution in [-0.4, -0.2) is 46.2 Å². The number of allylic oxidation sites excluding steroid dienone is 2. The average Bonchev–Trinajstić information content (AvgIpc) is 3.20. The van der Waals surface area contributed by atoms with E-state index in [0.29, 0.717) is 19.3 Å². The van der Waals surface area contributed by atoms with E-state index in [9.17, 15) is 22.8 Å². The Hall–Kier alpha value is -1.63. The predicted molar refractivity (Wildman–Crippen MR) is 179 cm³/mol. The molecule has 1 fully saturated rings. The van der Waals surface area contributed by atoms with Crippen molar-refractivity contribution in [3.63, 3.8) is 0 Å². The molecular weight excluding hydrogens is 614 g/mol. The number of hydrogen-bond donors (Lipinski definition) is 1. The van der Waals surface area contributed by atoms with Crippen molar-refractivity contribution in [3.8, 4) is 5.75 Å². The molecule has 1 aromatic rings. The molecule has 1 aliphatic heterocycles. The second-order valence-electron chi connectivity index (χ2n) is 16.0. The number of esters is 1. The molecule has 0 aromatic heterocycles. The number of alkyl halides is 3. The number of rotatable bonds is 11. The Labute approximate surface area is 271 Å². The van der Waals surface area contributed by atoms with Gasteiger partial charge < -0.3 is 18.7 Å². The molecule has 10 heteroatoms. The zero-order valence-electron chi connectivity index (χ0n) is 28.9. The van der Waals surface area contributed by atoms with Gasteiger partial charge in [-0.2, -0.15) is 13.2 Å². The number of fused-ring (bicyclic) bond motifs is 1. The lowest BCUT2D eigenvalue weighted by Gasteiger charge is -2.41. The lowest BCUT2D eigenvalue weighted by atomic mass is 9.83. The smallest absolute Gasteiger partial charge is 0.416 e. The van der Waals surface area contributed by atoms with E-state index in [2.05, 4.69) is 59.9 Å². The van der Waals surface area contributed by atoms with Crippen LogP contribution in [0.4, 0.5) is 13.2 Å². The summed E-state index contributed by atoms with van der Waals surface area (Å²) in [4.78, 5) is 23.9. The first kappa shape index (κ1) is 37.8. The molecule has 0 amide bonds. The van der Waals surface area contributed by atoms with E-state index in [0.717, 1.165) is 44.2 Å². The lowest BCUT2D eigenvalue weighted by molar-refractivity contribution is -0.151. The SMILES string of the molecule is CC(C)(C[C@H](CC[C@@H]1[C@H]2C/C=C\CCCC(=O)O[C@H]2C[C@H]1O[Si](C)(C)C(C)(C)C)COc1cccc(C(F)(F)F)c1)[Si](C)(C)O. The van der Waals surface area contributed by atoms with Gasteiger partial charge in [0, 0.05) is 18.8 Å². The third kappa shape index (κ3) is 10.4. The molecule has 1 heterocycles. The number of ether oxygens (including phenoxy) is 2. The molecule has 5 atom stereocenters. The average molecular weight is 671 g/mol. The Balaban J connectivity index is 1.89. The zero-order valence-corrected chi connectivity index (χ0v) is 30.9. The van der Waals surface area contributed by atoms with Crippen molar-refractivity contribution < 1.29 is 36.7 Å². The highest BCUT2D eigenvalue weighted by molar-refractivity contribution is 6.74. The first-order valence-electron chi connectivity index (χ1n) is 16.7. The number of carbonyl (C=O) groups excluding carboxylic acids is 1. The van der Waals surface area contributed by atoms with Crippen molar-refractivity contribution >= 4 is 22.6 Å². The van der Waals surface area contributed by atoms with Crippen LogP contribution in [0, 0.1) is 17.8 Å². The second kappa shape index (κ2) is 14.6. The predicted octanol–water partition coefficient (Wildman–Crippen LogP) is 9.92. The Morgan fingerprint density at radius 2 is 1.76 bits per heavy atom. The Morgan fingerprint density at radius 3 is 2.38 bits per heavy atom. The molecule has 1 aliphatic carbocycles. The van der Waals surface area contributed by atoms with E-state index in [-0.39, 0.29) is 58.4 Å². The second-order valence-corrected chi connectivity index (χ2v) is 25.3. The van der Waals surface area contributed by atoms with Crippen molar-refractivity contribution in [3.05, 3.63) is 42.0 Å². The van der Waals surface area contributed by atoms with Gasteiger partial charge in [0.2, 0.25) is 0 Å². The minimum absolute atomic E-state index is 0.00124. The highest BCUT2D eigenvalue weighted by atomic mass is 28.4. The van der Waals surface area contributed by atoms with E-state index in [1.165, 1.54) is 6.07 Å². The highest BCUT2D eigenvalue weighted by Crippen LogP contribution is 2.48. The number of carbonyl (C=O) groups is 1. The third-order valence-corrected chi connectivity index (χ3v) is 18.9. The van der Waals surface area contributed by atoms with Crippen LogP contribution in [0.3, 0.4) is 0 Å². The molecule has 0 bridgehead atoms. The van der Waals surface area contributed by atoms with Crippen molar-refractivity contribution in [1.29, 1.82) is 0 Å². The van der Waals surface area contributed by atoms with Crippen LogP contribution < -0.4 is 4.74 Å². The molecule has 1 N–H and O–H groups in total. The van der Waals surface area contributed by atoms with Gasteiger partial charge in [0.1, 0.15) is 11.9 Å². The van der Waals surface area contributed by atoms with Crippen molar-refractivity contribution in [2.75, 3.05) is 6.61 Å². The zero-order chi connectivity index (χ0) is 33.8. The molecule has 1 aromatic carbocycles. The Kier molecular flexibility index (Phi) is 12.3. The molecule has 3 rings (SSSR count). The van der Waals surface area contributed by atoms with Crippen LogP contribution in [-0.2, 0) is 20.1 Å². The van der Waals surface area contributed by atoms with Gasteiger partial charge in [0.25, 0.3) is 0 Å². The molecule has 5 nitrogen and oxygen atoms in total. The third-order valence-electron chi connectivity index (χ3n) is 10.8. The monoisotopic (exact) mass is 670 g/mol. The van der Waals surface area contributed by atoms with Crippen LogP contribution in [0.5, 0.6) is 5.75 Å². The number of hydrogen-bond acceptors (Lipinski definition) is 5. The fraction of sp³-hybridized carbons (Fsp3) is 0.743. The Bertz CT molecular complexity index is 1150. The van der Waals surface area contributed by atoms with E-state index in [4.69, 9.17) is 13.9 Å². The summed E-state index contributed by atoms with van der Waals surface area (Å²) in [5.41, 5.74) is -0.734. The van der Waals surface area contributed by atoms with Crippen LogP contribution >= 0.6 is 0 Å². The van der Waals surface area contributed by atoms with E-state index in [1.54, 1.807) is 6.07 Å². The van der Waals surface area contributed by atoms with Gasteiger partial charge in [-0.1, -0.05) is 52.8 Å². The highest BCUT2D eigenvalue weighted by Gasteiger charge is 2.49. The molecule has 1 saturated carbocycles. The van der Waals surface area contributed by atoms with E-state index in [1.807, 2.05) is 13.1 Å². The summed E-state index contributed by atoms with van der Waals surface area (Å²) in [6.45, 7) is 19.5. The number of benzene rings is 1. The van der Waals surface area contributed by atoms with Gasteiger partial charge in [0.15, 0.2) is 16.6 Å². The maximum atomic E-state index is 13.4. The van der Waals surface area contributed by atoms with Gasteiger partial charge >= 0.3 is 12.1 Å². The fourth-order valence-electron chi connectivity index (χ4n) is 6.27. The standard InChI is InChI=1S/C35H57F3O5Si2/c1-33(2,3)45(8,9)43-31-22-30-28(17-12-10-11-13-18-32(39)42-30)29(31)20-19-25(23-34(4,5)44(6,7)40)24-41-27-16-14-15-26(21-27)35(36,37)38/h10,12,14-16,21,25,28-31,40H,11,13,17-20,22-24H2,1-9H3/b12-10-/t25-,28+,29+,30-,31+/m0/s1. The molecule has 0 radical (unpaired) electrons. The number of halogens is 3. The fourth-order valence-corrected chi connectivity index (χ4v) is 8.44. The van der Waals surface area contributed by atoms with Gasteiger partial charge in [-0.25, -0.2) is 0 Å². The van der Waals surface area contributed by atoms with Crippen LogP contribution in [0.2, 0.25) is 36.3 Å². The normalized spacial score (nSPS) is 25.3. The summed E-state index contributed by atoms with van der Waals surface area (Å²) in [6, 6.07) is 5.04. The molecular formula is C35H57F3O5Si2. The van der Waals surface area contributed by atoms with Gasteiger partial charge in [-0.15, -0.1) is 0 Å². The van der Waals surface area contributed by atoms with Crippen molar-refractivity contribution in [2.24, 2.45) is 17.8 Å². The van der Waals surface area contributed by atoms with Crippen LogP contribution in [0.25, 0.3) is 0 Å². The summed E-state index contributed by atoms with van der Waals surface area (Å²) < 4.78 is 59.4. The first-order valence-corrected chi connectivity index (χ1v) is 22.5. The van der Waals surface area contributed by atoms with E-state index >= 15 is 0 Å². The van der Waals surface area contributed by atoms with Crippen molar-refractivity contribution in [1.82, 2.24) is 0 Å². The largest absolute Gasteiger partial charge is 0.493 e. The maximum Gasteiger partial charge on any atom is 0.416 e. The maximum absolute atomic E-state index is 13.4. The molecule has 0 spiro atoms. The lowest BCUT2D eigenvalue weighted by Crippen LogP contribution is -2.45. The Morgan fingerprint density at radius 1 is 1.07 bits per heavy atom. The molecule has 45 heavy (non-hydrogen) atoms. The molecule has 2 aliphatic rings. The topological polar surface area (TPSA) is 65.0 Å². The summed E-state index contributed by atoms with van der Waals surface area (Å²) in [7, 11) is -4.71. The van der Waals surface area contributed by atoms with Crippen molar-refractivity contribution in [2.45, 2.75) is 141 Å². The molecule has 0 saturated heterocycles.